The molecule has 0 saturated heterocycles. The largest absolute Gasteiger partial charge is 0.399 e. The third-order valence-electron chi connectivity index (χ3n) is 2.85. The highest BCUT2D eigenvalue weighted by molar-refractivity contribution is 7.11. The van der Waals surface area contributed by atoms with Crippen LogP contribution in [-0.4, -0.2) is 5.91 Å². The van der Waals surface area contributed by atoms with E-state index in [-0.39, 0.29) is 5.91 Å². The lowest BCUT2D eigenvalue weighted by Gasteiger charge is -2.06. The number of benzene rings is 1. The summed E-state index contributed by atoms with van der Waals surface area (Å²) in [5.74, 6) is -0.0816. The summed E-state index contributed by atoms with van der Waals surface area (Å²) in [6.07, 6.45) is 1.03. The average Bonchev–Trinajstić information content (AvgIpc) is 2.82. The van der Waals surface area contributed by atoms with E-state index in [4.69, 9.17) is 5.73 Å². The lowest BCUT2D eigenvalue weighted by Crippen LogP contribution is -2.22. The zero-order valence-electron chi connectivity index (χ0n) is 11.2. The third-order valence-corrected chi connectivity index (χ3v) is 4.08. The van der Waals surface area contributed by atoms with E-state index in [1.807, 2.05) is 19.1 Å². The number of aryl methyl sites for hydroxylation is 2. The lowest BCUT2D eigenvalue weighted by molar-refractivity contribution is 0.0951. The first-order valence-corrected chi connectivity index (χ1v) is 7.13. The molecule has 0 aliphatic rings. The van der Waals surface area contributed by atoms with Crippen LogP contribution in [0.25, 0.3) is 0 Å². The molecular formula is C15H18N2OS. The number of thiophene rings is 1. The number of carbonyl (C=O) groups excluding carboxylic acids is 1. The van der Waals surface area contributed by atoms with Crippen molar-refractivity contribution >= 4 is 22.9 Å². The van der Waals surface area contributed by atoms with Gasteiger partial charge in [0.2, 0.25) is 0 Å². The molecule has 100 valence electrons. The summed E-state index contributed by atoms with van der Waals surface area (Å²) in [5, 5.41) is 2.92. The fourth-order valence-electron chi connectivity index (χ4n) is 1.92. The molecule has 1 heterocycles. The van der Waals surface area contributed by atoms with E-state index in [1.165, 1.54) is 9.75 Å². The van der Waals surface area contributed by atoms with Gasteiger partial charge in [-0.25, -0.2) is 0 Å². The Morgan fingerprint density at radius 2 is 2.00 bits per heavy atom. The van der Waals surface area contributed by atoms with Crippen LogP contribution in [-0.2, 0) is 13.0 Å². The van der Waals surface area contributed by atoms with Gasteiger partial charge in [-0.2, -0.15) is 0 Å². The van der Waals surface area contributed by atoms with Crippen molar-refractivity contribution in [1.82, 2.24) is 5.32 Å². The van der Waals surface area contributed by atoms with Crippen LogP contribution in [0.15, 0.2) is 30.3 Å². The Morgan fingerprint density at radius 1 is 1.26 bits per heavy atom. The SMILES string of the molecule is CCc1ccc(CNC(=O)c2cc(C)cc(N)c2)s1. The monoisotopic (exact) mass is 274 g/mol. The second-order valence-electron chi connectivity index (χ2n) is 4.54. The second-order valence-corrected chi connectivity index (χ2v) is 5.79. The molecule has 4 heteroatoms. The molecule has 0 spiro atoms. The van der Waals surface area contributed by atoms with E-state index >= 15 is 0 Å². The van der Waals surface area contributed by atoms with Crippen molar-refractivity contribution in [3.63, 3.8) is 0 Å². The maximum atomic E-state index is 12.0. The van der Waals surface area contributed by atoms with E-state index in [9.17, 15) is 4.79 Å². The summed E-state index contributed by atoms with van der Waals surface area (Å²) in [6, 6.07) is 9.57. The average molecular weight is 274 g/mol. The smallest absolute Gasteiger partial charge is 0.251 e. The number of nitrogens with one attached hydrogen (secondary N) is 1. The molecule has 1 aromatic carbocycles. The fraction of sp³-hybridized carbons (Fsp3) is 0.267. The molecule has 3 N–H and O–H groups in total. The van der Waals surface area contributed by atoms with E-state index in [0.717, 1.165) is 12.0 Å². The van der Waals surface area contributed by atoms with Crippen LogP contribution >= 0.6 is 11.3 Å². The third kappa shape index (κ3) is 3.58. The van der Waals surface area contributed by atoms with Crippen LogP contribution in [0.5, 0.6) is 0 Å². The molecule has 0 atom stereocenters. The Kier molecular flexibility index (Phi) is 4.22. The van der Waals surface area contributed by atoms with E-state index in [0.29, 0.717) is 17.8 Å². The summed E-state index contributed by atoms with van der Waals surface area (Å²) in [5.41, 5.74) is 7.98. The van der Waals surface area contributed by atoms with Crippen LogP contribution in [0.1, 0.15) is 32.6 Å². The van der Waals surface area contributed by atoms with Gasteiger partial charge in [-0.05, 0) is 49.2 Å². The first-order valence-electron chi connectivity index (χ1n) is 6.31. The highest BCUT2D eigenvalue weighted by Crippen LogP contribution is 2.17. The maximum absolute atomic E-state index is 12.0. The zero-order chi connectivity index (χ0) is 13.8. The topological polar surface area (TPSA) is 55.1 Å². The molecular weight excluding hydrogens is 256 g/mol. The number of nitrogen functional groups attached to an aromatic ring is 1. The molecule has 0 unspecified atom stereocenters. The Morgan fingerprint density at radius 3 is 2.63 bits per heavy atom. The predicted molar refractivity (Wildman–Crippen MR) is 80.5 cm³/mol. The van der Waals surface area contributed by atoms with Gasteiger partial charge in [0.05, 0.1) is 6.54 Å². The van der Waals surface area contributed by atoms with E-state index in [2.05, 4.69) is 24.4 Å². The Bertz CT molecular complexity index is 569. The van der Waals surface area contributed by atoms with Crippen molar-refractivity contribution < 1.29 is 4.79 Å². The quantitative estimate of drug-likeness (QED) is 0.842. The molecule has 1 amide bonds. The molecule has 0 saturated carbocycles. The minimum absolute atomic E-state index is 0.0816. The molecule has 0 fully saturated rings. The first-order chi connectivity index (χ1) is 9.08. The van der Waals surface area contributed by atoms with Crippen LogP contribution < -0.4 is 11.1 Å². The zero-order valence-corrected chi connectivity index (χ0v) is 12.0. The van der Waals surface area contributed by atoms with Crippen molar-refractivity contribution in [1.29, 1.82) is 0 Å². The molecule has 0 bridgehead atoms. The fourth-order valence-corrected chi connectivity index (χ4v) is 2.82. The van der Waals surface area contributed by atoms with Gasteiger partial charge >= 0.3 is 0 Å². The predicted octanol–water partition coefficient (Wildman–Crippen LogP) is 3.13. The van der Waals surface area contributed by atoms with Crippen molar-refractivity contribution in [2.75, 3.05) is 5.73 Å². The summed E-state index contributed by atoms with van der Waals surface area (Å²) in [4.78, 5) is 14.5. The molecule has 0 radical (unpaired) electrons. The minimum atomic E-state index is -0.0816. The summed E-state index contributed by atoms with van der Waals surface area (Å²) in [6.45, 7) is 4.63. The number of anilines is 1. The molecule has 0 aliphatic carbocycles. The summed E-state index contributed by atoms with van der Waals surface area (Å²) < 4.78 is 0. The molecule has 2 aromatic rings. The molecule has 3 nitrogen and oxygen atoms in total. The number of amides is 1. The van der Waals surface area contributed by atoms with Gasteiger partial charge in [0, 0.05) is 21.0 Å². The van der Waals surface area contributed by atoms with Crippen molar-refractivity contribution in [2.45, 2.75) is 26.8 Å². The van der Waals surface area contributed by atoms with Gasteiger partial charge in [-0.3, -0.25) is 4.79 Å². The minimum Gasteiger partial charge on any atom is -0.399 e. The number of hydrogen-bond donors (Lipinski definition) is 2. The number of nitrogens with two attached hydrogens (primary N) is 1. The highest BCUT2D eigenvalue weighted by atomic mass is 32.1. The lowest BCUT2D eigenvalue weighted by atomic mass is 10.1. The highest BCUT2D eigenvalue weighted by Gasteiger charge is 2.07. The van der Waals surface area contributed by atoms with Gasteiger partial charge in [0.1, 0.15) is 0 Å². The number of rotatable bonds is 4. The first kappa shape index (κ1) is 13.6. The molecule has 0 aliphatic heterocycles. The Labute approximate surface area is 117 Å². The van der Waals surface area contributed by atoms with Gasteiger partial charge in [-0.15, -0.1) is 11.3 Å². The van der Waals surface area contributed by atoms with Gasteiger partial charge in [0.25, 0.3) is 5.91 Å². The summed E-state index contributed by atoms with van der Waals surface area (Å²) >= 11 is 1.74. The maximum Gasteiger partial charge on any atom is 0.251 e. The standard InChI is InChI=1S/C15H18N2OS/c1-3-13-4-5-14(19-13)9-17-15(18)11-6-10(2)7-12(16)8-11/h4-8H,3,9,16H2,1-2H3,(H,17,18). The van der Waals surface area contributed by atoms with E-state index in [1.54, 1.807) is 17.4 Å². The van der Waals surface area contributed by atoms with Crippen molar-refractivity contribution in [2.24, 2.45) is 0 Å². The van der Waals surface area contributed by atoms with Gasteiger partial charge in [-0.1, -0.05) is 6.92 Å². The Balaban J connectivity index is 2.00. The van der Waals surface area contributed by atoms with Crippen LogP contribution in [0.3, 0.4) is 0 Å². The van der Waals surface area contributed by atoms with Crippen LogP contribution in [0, 0.1) is 6.92 Å². The molecule has 19 heavy (non-hydrogen) atoms. The number of hydrogen-bond acceptors (Lipinski definition) is 3. The van der Waals surface area contributed by atoms with Gasteiger partial charge < -0.3 is 11.1 Å². The summed E-state index contributed by atoms with van der Waals surface area (Å²) in [7, 11) is 0. The molecule has 1 aromatic heterocycles. The normalized spacial score (nSPS) is 10.4. The number of carbonyl (C=O) groups is 1. The van der Waals surface area contributed by atoms with Crippen LogP contribution in [0.4, 0.5) is 5.69 Å². The van der Waals surface area contributed by atoms with Crippen molar-refractivity contribution in [3.8, 4) is 0 Å². The van der Waals surface area contributed by atoms with E-state index < -0.39 is 0 Å². The second kappa shape index (κ2) is 5.89. The Hall–Kier alpha value is -1.81. The van der Waals surface area contributed by atoms with Crippen molar-refractivity contribution in [3.05, 3.63) is 51.2 Å². The molecule has 2 rings (SSSR count). The van der Waals surface area contributed by atoms with Gasteiger partial charge in [0.15, 0.2) is 0 Å². The van der Waals surface area contributed by atoms with Crippen LogP contribution in [0.2, 0.25) is 0 Å².